The number of aromatic nitrogens is 2. The second kappa shape index (κ2) is 5.69. The zero-order chi connectivity index (χ0) is 13.0. The van der Waals surface area contributed by atoms with Gasteiger partial charge in [-0.05, 0) is 37.7 Å². The Balaban J connectivity index is 2.31. The number of ether oxygens (including phenoxy) is 1. The zero-order valence-electron chi connectivity index (χ0n) is 11.1. The third kappa shape index (κ3) is 2.54. The summed E-state index contributed by atoms with van der Waals surface area (Å²) in [5, 5.41) is 3.15. The number of rotatable bonds is 5. The molecular weight excluding hydrogens is 226 g/mol. The Morgan fingerprint density at radius 3 is 2.89 bits per heavy atom. The minimum atomic E-state index is 0.914. The van der Waals surface area contributed by atoms with Crippen LogP contribution in [0.5, 0.6) is 5.75 Å². The van der Waals surface area contributed by atoms with Gasteiger partial charge in [0, 0.05) is 18.7 Å². The molecule has 0 aliphatic carbocycles. The molecule has 0 amide bonds. The van der Waals surface area contributed by atoms with E-state index in [-0.39, 0.29) is 0 Å². The lowest BCUT2D eigenvalue weighted by Gasteiger charge is -2.10. The van der Waals surface area contributed by atoms with Gasteiger partial charge in [0.2, 0.25) is 0 Å². The molecule has 0 radical (unpaired) electrons. The predicted octanol–water partition coefficient (Wildman–Crippen LogP) is 2.09. The standard InChI is InChI=1S/C14H19N3O/c1-11-8-12(4-5-14(11)18-3)13-9-16-10-17(13)7-6-15-2/h4-5,8-10,15H,6-7H2,1-3H3. The molecular formula is C14H19N3O. The summed E-state index contributed by atoms with van der Waals surface area (Å²) in [5.41, 5.74) is 3.44. The Morgan fingerprint density at radius 2 is 2.22 bits per heavy atom. The van der Waals surface area contributed by atoms with Gasteiger partial charge in [0.15, 0.2) is 0 Å². The third-order valence-electron chi connectivity index (χ3n) is 3.01. The van der Waals surface area contributed by atoms with Crippen molar-refractivity contribution in [1.29, 1.82) is 0 Å². The molecule has 0 fully saturated rings. The Labute approximate surface area is 108 Å². The van der Waals surface area contributed by atoms with Crippen molar-refractivity contribution >= 4 is 0 Å². The number of imidazole rings is 1. The molecule has 0 atom stereocenters. The maximum absolute atomic E-state index is 5.28. The summed E-state index contributed by atoms with van der Waals surface area (Å²) in [6.45, 7) is 3.89. The molecule has 2 aromatic rings. The van der Waals surface area contributed by atoms with Crippen LogP contribution in [0.1, 0.15) is 5.56 Å². The number of nitrogens with one attached hydrogen (secondary N) is 1. The average molecular weight is 245 g/mol. The van der Waals surface area contributed by atoms with Crippen molar-refractivity contribution in [3.63, 3.8) is 0 Å². The maximum Gasteiger partial charge on any atom is 0.121 e. The van der Waals surface area contributed by atoms with E-state index in [1.807, 2.05) is 25.6 Å². The molecule has 0 bridgehead atoms. The molecule has 2 rings (SSSR count). The van der Waals surface area contributed by atoms with Crippen LogP contribution in [0.4, 0.5) is 0 Å². The highest BCUT2D eigenvalue weighted by atomic mass is 16.5. The Bertz CT molecular complexity index is 520. The van der Waals surface area contributed by atoms with Crippen molar-refractivity contribution in [3.8, 4) is 17.0 Å². The Hall–Kier alpha value is -1.81. The molecule has 0 unspecified atom stereocenters. The summed E-state index contributed by atoms with van der Waals surface area (Å²) in [7, 11) is 3.65. The number of methoxy groups -OCH3 is 1. The van der Waals surface area contributed by atoms with Crippen molar-refractivity contribution in [1.82, 2.24) is 14.9 Å². The van der Waals surface area contributed by atoms with E-state index in [2.05, 4.69) is 33.9 Å². The van der Waals surface area contributed by atoms with Gasteiger partial charge >= 0.3 is 0 Å². The lowest BCUT2D eigenvalue weighted by atomic mass is 10.1. The molecule has 1 aromatic carbocycles. The number of benzene rings is 1. The molecule has 96 valence electrons. The quantitative estimate of drug-likeness (QED) is 0.876. The zero-order valence-corrected chi connectivity index (χ0v) is 11.1. The number of nitrogens with zero attached hydrogens (tertiary/aromatic N) is 2. The van der Waals surface area contributed by atoms with Gasteiger partial charge in [-0.25, -0.2) is 4.98 Å². The number of hydrogen-bond donors (Lipinski definition) is 1. The van der Waals surface area contributed by atoms with E-state index in [0.717, 1.165) is 30.1 Å². The van der Waals surface area contributed by atoms with Crippen molar-refractivity contribution < 1.29 is 4.74 Å². The number of likely N-dealkylation sites (N-methyl/N-ethyl adjacent to an activating group) is 1. The molecule has 1 N–H and O–H groups in total. The minimum Gasteiger partial charge on any atom is -0.496 e. The predicted molar refractivity (Wildman–Crippen MR) is 72.9 cm³/mol. The number of aryl methyl sites for hydroxylation is 1. The average Bonchev–Trinajstić information content (AvgIpc) is 2.84. The summed E-state index contributed by atoms with van der Waals surface area (Å²) in [4.78, 5) is 4.23. The molecule has 0 aliphatic rings. The minimum absolute atomic E-state index is 0.914. The molecule has 4 heteroatoms. The molecule has 0 saturated heterocycles. The van der Waals surface area contributed by atoms with Crippen LogP contribution in [-0.4, -0.2) is 30.3 Å². The van der Waals surface area contributed by atoms with Crippen LogP contribution in [0.15, 0.2) is 30.7 Å². The van der Waals surface area contributed by atoms with Gasteiger partial charge < -0.3 is 14.6 Å². The maximum atomic E-state index is 5.28. The second-order valence-electron chi connectivity index (χ2n) is 4.26. The fourth-order valence-electron chi connectivity index (χ4n) is 2.01. The first-order valence-electron chi connectivity index (χ1n) is 6.06. The van der Waals surface area contributed by atoms with Gasteiger partial charge in [0.1, 0.15) is 5.75 Å². The van der Waals surface area contributed by atoms with Crippen LogP contribution in [-0.2, 0) is 6.54 Å². The van der Waals surface area contributed by atoms with Crippen molar-refractivity contribution in [2.45, 2.75) is 13.5 Å². The van der Waals surface area contributed by atoms with E-state index < -0.39 is 0 Å². The Morgan fingerprint density at radius 1 is 1.39 bits per heavy atom. The van der Waals surface area contributed by atoms with Crippen molar-refractivity contribution in [2.24, 2.45) is 0 Å². The molecule has 0 aliphatic heterocycles. The first-order valence-corrected chi connectivity index (χ1v) is 6.06. The van der Waals surface area contributed by atoms with E-state index >= 15 is 0 Å². The largest absolute Gasteiger partial charge is 0.496 e. The summed E-state index contributed by atoms with van der Waals surface area (Å²) in [6, 6.07) is 6.20. The van der Waals surface area contributed by atoms with E-state index in [0.29, 0.717) is 0 Å². The summed E-state index contributed by atoms with van der Waals surface area (Å²) in [6.07, 6.45) is 3.77. The first-order chi connectivity index (χ1) is 8.76. The molecule has 18 heavy (non-hydrogen) atoms. The number of hydrogen-bond acceptors (Lipinski definition) is 3. The van der Waals surface area contributed by atoms with Crippen molar-refractivity contribution in [3.05, 3.63) is 36.3 Å². The lowest BCUT2D eigenvalue weighted by molar-refractivity contribution is 0.412. The van der Waals surface area contributed by atoms with Crippen molar-refractivity contribution in [2.75, 3.05) is 20.7 Å². The third-order valence-corrected chi connectivity index (χ3v) is 3.01. The fraction of sp³-hybridized carbons (Fsp3) is 0.357. The first kappa shape index (κ1) is 12.6. The van der Waals surface area contributed by atoms with Gasteiger partial charge in [0.25, 0.3) is 0 Å². The monoisotopic (exact) mass is 245 g/mol. The fourth-order valence-corrected chi connectivity index (χ4v) is 2.01. The highest BCUT2D eigenvalue weighted by Gasteiger charge is 2.07. The second-order valence-corrected chi connectivity index (χ2v) is 4.26. The highest BCUT2D eigenvalue weighted by molar-refractivity contribution is 5.61. The Kier molecular flexibility index (Phi) is 3.99. The van der Waals surface area contributed by atoms with Gasteiger partial charge in [-0.15, -0.1) is 0 Å². The van der Waals surface area contributed by atoms with Crippen LogP contribution < -0.4 is 10.1 Å². The normalized spacial score (nSPS) is 10.6. The smallest absolute Gasteiger partial charge is 0.121 e. The molecule has 1 heterocycles. The van der Waals surface area contributed by atoms with Crippen LogP contribution >= 0.6 is 0 Å². The van der Waals surface area contributed by atoms with E-state index in [1.165, 1.54) is 5.56 Å². The van der Waals surface area contributed by atoms with E-state index in [1.54, 1.807) is 7.11 Å². The van der Waals surface area contributed by atoms with Crippen LogP contribution in [0.25, 0.3) is 11.3 Å². The highest BCUT2D eigenvalue weighted by Crippen LogP contribution is 2.25. The van der Waals surface area contributed by atoms with Gasteiger partial charge in [0.05, 0.1) is 25.3 Å². The van der Waals surface area contributed by atoms with Gasteiger partial charge in [-0.2, -0.15) is 0 Å². The van der Waals surface area contributed by atoms with Crippen LogP contribution in [0.2, 0.25) is 0 Å². The van der Waals surface area contributed by atoms with Crippen LogP contribution in [0.3, 0.4) is 0 Å². The summed E-state index contributed by atoms with van der Waals surface area (Å²) >= 11 is 0. The summed E-state index contributed by atoms with van der Waals surface area (Å²) < 4.78 is 7.43. The van der Waals surface area contributed by atoms with E-state index in [9.17, 15) is 0 Å². The lowest BCUT2D eigenvalue weighted by Crippen LogP contribution is -2.14. The summed E-state index contributed by atoms with van der Waals surface area (Å²) in [5.74, 6) is 0.917. The SMILES string of the molecule is CNCCn1cncc1-c1ccc(OC)c(C)c1. The van der Waals surface area contributed by atoms with E-state index in [4.69, 9.17) is 4.74 Å². The topological polar surface area (TPSA) is 39.1 Å². The molecule has 4 nitrogen and oxygen atoms in total. The van der Waals surface area contributed by atoms with Gasteiger partial charge in [-0.1, -0.05) is 0 Å². The molecule has 0 spiro atoms. The molecule has 1 aromatic heterocycles. The van der Waals surface area contributed by atoms with Crippen LogP contribution in [0, 0.1) is 6.92 Å². The molecule has 0 saturated carbocycles. The van der Waals surface area contributed by atoms with Gasteiger partial charge in [-0.3, -0.25) is 0 Å².